The van der Waals surface area contributed by atoms with E-state index in [1.807, 2.05) is 56.0 Å². The van der Waals surface area contributed by atoms with Gasteiger partial charge in [-0.1, -0.05) is 12.1 Å². The summed E-state index contributed by atoms with van der Waals surface area (Å²) in [6.07, 6.45) is 5.37. The Morgan fingerprint density at radius 2 is 2.05 bits per heavy atom. The molecule has 0 aliphatic rings. The Kier molecular flexibility index (Phi) is 5.11. The van der Waals surface area contributed by atoms with Crippen LogP contribution in [0.2, 0.25) is 0 Å². The standard InChI is InChI=1S/C16H22N4O/c1-13(10-20-9-8-17-12-20)18-16(21)15-6-4-14(5-7-15)11-19(2)3/h4-9,12-13H,10-11H2,1-3H3,(H,18,21)/t13-/m0/s1. The highest BCUT2D eigenvalue weighted by molar-refractivity contribution is 5.94. The molecule has 0 saturated heterocycles. The van der Waals surface area contributed by atoms with Gasteiger partial charge in [-0.25, -0.2) is 4.98 Å². The van der Waals surface area contributed by atoms with E-state index in [1.165, 1.54) is 5.56 Å². The molecule has 5 nitrogen and oxygen atoms in total. The van der Waals surface area contributed by atoms with E-state index in [1.54, 1.807) is 12.5 Å². The van der Waals surface area contributed by atoms with Crippen LogP contribution in [0.25, 0.3) is 0 Å². The Bertz CT molecular complexity index is 560. The fraction of sp³-hybridized carbons (Fsp3) is 0.375. The van der Waals surface area contributed by atoms with Crippen LogP contribution in [0.4, 0.5) is 0 Å². The summed E-state index contributed by atoms with van der Waals surface area (Å²) >= 11 is 0. The monoisotopic (exact) mass is 286 g/mol. The van der Waals surface area contributed by atoms with Gasteiger partial charge in [0.1, 0.15) is 0 Å². The Hall–Kier alpha value is -2.14. The zero-order chi connectivity index (χ0) is 15.2. The molecule has 0 unspecified atom stereocenters. The number of benzene rings is 1. The lowest BCUT2D eigenvalue weighted by atomic mass is 10.1. The number of carbonyl (C=O) groups is 1. The van der Waals surface area contributed by atoms with Crippen LogP contribution in [0, 0.1) is 0 Å². The zero-order valence-corrected chi connectivity index (χ0v) is 12.8. The normalized spacial score (nSPS) is 12.4. The van der Waals surface area contributed by atoms with E-state index >= 15 is 0 Å². The van der Waals surface area contributed by atoms with Gasteiger partial charge in [0.05, 0.1) is 6.33 Å². The molecule has 0 aliphatic carbocycles. The van der Waals surface area contributed by atoms with Crippen LogP contribution in [0.1, 0.15) is 22.8 Å². The molecule has 2 rings (SSSR count). The van der Waals surface area contributed by atoms with Crippen LogP contribution in [-0.2, 0) is 13.1 Å². The molecule has 0 spiro atoms. The van der Waals surface area contributed by atoms with Crippen LogP contribution >= 0.6 is 0 Å². The smallest absolute Gasteiger partial charge is 0.251 e. The van der Waals surface area contributed by atoms with Crippen LogP contribution in [0.3, 0.4) is 0 Å². The summed E-state index contributed by atoms with van der Waals surface area (Å²) < 4.78 is 1.95. The molecule has 21 heavy (non-hydrogen) atoms. The van der Waals surface area contributed by atoms with Gasteiger partial charge in [-0.3, -0.25) is 4.79 Å². The van der Waals surface area contributed by atoms with Gasteiger partial charge in [0.25, 0.3) is 5.91 Å². The molecule has 1 atom stereocenters. The summed E-state index contributed by atoms with van der Waals surface area (Å²) in [7, 11) is 4.05. The number of nitrogens with zero attached hydrogens (tertiary/aromatic N) is 3. The third kappa shape index (κ3) is 4.72. The van der Waals surface area contributed by atoms with E-state index in [9.17, 15) is 4.79 Å². The fourth-order valence-corrected chi connectivity index (χ4v) is 2.19. The maximum Gasteiger partial charge on any atom is 0.251 e. The minimum absolute atomic E-state index is 0.0426. The maximum absolute atomic E-state index is 12.2. The van der Waals surface area contributed by atoms with Crippen molar-refractivity contribution >= 4 is 5.91 Å². The highest BCUT2D eigenvalue weighted by atomic mass is 16.1. The van der Waals surface area contributed by atoms with Gasteiger partial charge >= 0.3 is 0 Å². The first kappa shape index (κ1) is 15.3. The number of aromatic nitrogens is 2. The van der Waals surface area contributed by atoms with Gasteiger partial charge in [0.2, 0.25) is 0 Å². The van der Waals surface area contributed by atoms with Gasteiger partial charge < -0.3 is 14.8 Å². The average molecular weight is 286 g/mol. The Balaban J connectivity index is 1.90. The van der Waals surface area contributed by atoms with Crippen molar-refractivity contribution < 1.29 is 4.79 Å². The second-order valence-corrected chi connectivity index (χ2v) is 5.57. The molecule has 2 aromatic rings. The molecule has 1 amide bonds. The lowest BCUT2D eigenvalue weighted by Gasteiger charge is -2.15. The van der Waals surface area contributed by atoms with E-state index in [-0.39, 0.29) is 11.9 Å². The van der Waals surface area contributed by atoms with Gasteiger partial charge in [0, 0.05) is 37.1 Å². The number of nitrogens with one attached hydrogen (secondary N) is 1. The first-order valence-electron chi connectivity index (χ1n) is 7.05. The number of imidazole rings is 1. The molecule has 5 heteroatoms. The number of hydrogen-bond acceptors (Lipinski definition) is 3. The second kappa shape index (κ2) is 7.04. The van der Waals surface area contributed by atoms with Crippen molar-refractivity contribution in [2.24, 2.45) is 0 Å². The summed E-state index contributed by atoms with van der Waals surface area (Å²) in [5.41, 5.74) is 1.89. The third-order valence-corrected chi connectivity index (χ3v) is 3.14. The lowest BCUT2D eigenvalue weighted by molar-refractivity contribution is 0.0936. The van der Waals surface area contributed by atoms with Crippen LogP contribution in [0.15, 0.2) is 43.0 Å². The summed E-state index contributed by atoms with van der Waals surface area (Å²) in [4.78, 5) is 18.3. The van der Waals surface area contributed by atoms with Crippen molar-refractivity contribution in [1.82, 2.24) is 19.8 Å². The average Bonchev–Trinajstić information content (AvgIpc) is 2.91. The molecule has 1 N–H and O–H groups in total. The van der Waals surface area contributed by atoms with Crippen LogP contribution in [0.5, 0.6) is 0 Å². The second-order valence-electron chi connectivity index (χ2n) is 5.57. The molecule has 0 aliphatic heterocycles. The molecule has 1 aromatic heterocycles. The summed E-state index contributed by atoms with van der Waals surface area (Å²) in [5, 5.41) is 3.00. The third-order valence-electron chi connectivity index (χ3n) is 3.14. The van der Waals surface area contributed by atoms with Crippen molar-refractivity contribution in [1.29, 1.82) is 0 Å². The van der Waals surface area contributed by atoms with Crippen LogP contribution < -0.4 is 5.32 Å². The topological polar surface area (TPSA) is 50.2 Å². The van der Waals surface area contributed by atoms with E-state index in [2.05, 4.69) is 15.2 Å². The number of amides is 1. The van der Waals surface area contributed by atoms with E-state index in [0.717, 1.165) is 6.54 Å². The predicted molar refractivity (Wildman–Crippen MR) is 83.0 cm³/mol. The maximum atomic E-state index is 12.2. The molecule has 0 bridgehead atoms. The molecule has 1 heterocycles. The van der Waals surface area contributed by atoms with Gasteiger partial charge in [-0.05, 0) is 38.7 Å². The lowest BCUT2D eigenvalue weighted by Crippen LogP contribution is -2.35. The summed E-state index contributed by atoms with van der Waals surface area (Å²) in [6.45, 7) is 3.57. The van der Waals surface area contributed by atoms with Crippen molar-refractivity contribution in [3.05, 3.63) is 54.1 Å². The largest absolute Gasteiger partial charge is 0.348 e. The molecule has 0 fully saturated rings. The Morgan fingerprint density at radius 3 is 2.62 bits per heavy atom. The first-order valence-corrected chi connectivity index (χ1v) is 7.05. The predicted octanol–water partition coefficient (Wildman–Crippen LogP) is 1.76. The minimum atomic E-state index is -0.0426. The van der Waals surface area contributed by atoms with Crippen molar-refractivity contribution in [2.45, 2.75) is 26.1 Å². The fourth-order valence-electron chi connectivity index (χ4n) is 2.19. The van der Waals surface area contributed by atoms with Gasteiger partial charge in [-0.15, -0.1) is 0 Å². The quantitative estimate of drug-likeness (QED) is 0.880. The van der Waals surface area contributed by atoms with Crippen molar-refractivity contribution in [3.8, 4) is 0 Å². The van der Waals surface area contributed by atoms with E-state index in [0.29, 0.717) is 12.1 Å². The summed E-state index contributed by atoms with van der Waals surface area (Å²) in [6, 6.07) is 7.79. The Morgan fingerprint density at radius 1 is 1.33 bits per heavy atom. The van der Waals surface area contributed by atoms with E-state index < -0.39 is 0 Å². The SMILES string of the molecule is C[C@@H](Cn1ccnc1)NC(=O)c1ccc(CN(C)C)cc1. The van der Waals surface area contributed by atoms with Crippen LogP contribution in [-0.4, -0.2) is 40.5 Å². The highest BCUT2D eigenvalue weighted by Gasteiger charge is 2.10. The van der Waals surface area contributed by atoms with Gasteiger partial charge in [0.15, 0.2) is 0 Å². The van der Waals surface area contributed by atoms with Gasteiger partial charge in [-0.2, -0.15) is 0 Å². The summed E-state index contributed by atoms with van der Waals surface area (Å²) in [5.74, 6) is -0.0426. The zero-order valence-electron chi connectivity index (χ0n) is 12.8. The molecule has 112 valence electrons. The molecular formula is C16H22N4O. The molecular weight excluding hydrogens is 264 g/mol. The van der Waals surface area contributed by atoms with Crippen molar-refractivity contribution in [2.75, 3.05) is 14.1 Å². The van der Waals surface area contributed by atoms with E-state index in [4.69, 9.17) is 0 Å². The van der Waals surface area contributed by atoms with Crippen molar-refractivity contribution in [3.63, 3.8) is 0 Å². The Labute approximate surface area is 125 Å². The molecule has 1 aromatic carbocycles. The number of hydrogen-bond donors (Lipinski definition) is 1. The molecule has 0 saturated carbocycles. The number of rotatable bonds is 6. The molecule has 0 radical (unpaired) electrons. The first-order chi connectivity index (χ1) is 10.0. The number of carbonyl (C=O) groups excluding carboxylic acids is 1. The highest BCUT2D eigenvalue weighted by Crippen LogP contribution is 2.06. The minimum Gasteiger partial charge on any atom is -0.348 e.